The molecule has 8 aromatic carbocycles. The third-order valence-electron chi connectivity index (χ3n) is 11.2. The van der Waals surface area contributed by atoms with Crippen LogP contribution in [0.4, 0.5) is 0 Å². The zero-order chi connectivity index (χ0) is 39.1. The van der Waals surface area contributed by atoms with Crippen LogP contribution in [0.2, 0.25) is 0 Å². The molecule has 10 rings (SSSR count). The molecule has 9 aromatic rings. The van der Waals surface area contributed by atoms with Crippen molar-refractivity contribution in [1.29, 1.82) is 0 Å². The molecule has 1 aliphatic rings. The van der Waals surface area contributed by atoms with Crippen molar-refractivity contribution in [3.8, 4) is 78.7 Å². The lowest BCUT2D eigenvalue weighted by atomic mass is 9.82. The van der Waals surface area contributed by atoms with Gasteiger partial charge in [0.05, 0.1) is 0 Å². The molecule has 0 atom stereocenters. The van der Waals surface area contributed by atoms with Crippen molar-refractivity contribution in [2.45, 2.75) is 29.1 Å². The molecule has 0 fully saturated rings. The van der Waals surface area contributed by atoms with Gasteiger partial charge in [0.25, 0.3) is 0 Å². The second-order valence-corrected chi connectivity index (χ2v) is 16.4. The zero-order valence-electron chi connectivity index (χ0n) is 32.3. The van der Waals surface area contributed by atoms with Gasteiger partial charge in [-0.2, -0.15) is 0 Å². The molecular weight excluding hydrogens is 723 g/mol. The number of rotatable bonds is 8. The van der Waals surface area contributed by atoms with Crippen LogP contribution in [0, 0.1) is 0 Å². The van der Waals surface area contributed by atoms with E-state index in [1.54, 1.807) is 11.8 Å². The van der Waals surface area contributed by atoms with Crippen molar-refractivity contribution in [2.75, 3.05) is 0 Å². The largest absolute Gasteiger partial charge is 0.208 e. The van der Waals surface area contributed by atoms with Gasteiger partial charge in [-0.15, -0.1) is 0 Å². The molecule has 1 aromatic heterocycles. The van der Waals surface area contributed by atoms with Gasteiger partial charge in [0.15, 0.2) is 17.5 Å². The average Bonchev–Trinajstić information content (AvgIpc) is 3.53. The average molecular weight is 762 g/mol. The molecule has 0 N–H and O–H groups in total. The van der Waals surface area contributed by atoms with Crippen LogP contribution < -0.4 is 0 Å². The first-order valence-corrected chi connectivity index (χ1v) is 20.5. The summed E-state index contributed by atoms with van der Waals surface area (Å²) in [5.74, 6) is 1.99. The molecule has 0 aliphatic heterocycles. The monoisotopic (exact) mass is 761 g/mol. The standard InChI is InChI=1S/C54H39N3S/c1-54(2)48-24-10-9-22-46(48)50-47(23-13-25-49(50)54)53-56-51(39-16-7-4-8-17-39)55-52(57-53)40-28-26-37(27-29-40)43-20-12-21-45(35-43)58-44-32-30-38(31-33-44)42-19-11-18-41(34-42)36-14-5-3-6-15-36/h3-35H,1-2H3. The normalized spacial score (nSPS) is 12.5. The molecule has 276 valence electrons. The lowest BCUT2D eigenvalue weighted by molar-refractivity contribution is 0.660. The molecule has 0 amide bonds. The van der Waals surface area contributed by atoms with E-state index in [0.29, 0.717) is 17.5 Å². The lowest BCUT2D eigenvalue weighted by Crippen LogP contribution is -2.14. The second kappa shape index (κ2) is 14.9. The highest BCUT2D eigenvalue weighted by Crippen LogP contribution is 2.51. The highest BCUT2D eigenvalue weighted by atomic mass is 32.2. The summed E-state index contributed by atoms with van der Waals surface area (Å²) in [5.41, 5.74) is 15.0. The van der Waals surface area contributed by atoms with Crippen molar-refractivity contribution in [3.05, 3.63) is 211 Å². The zero-order valence-corrected chi connectivity index (χ0v) is 33.1. The van der Waals surface area contributed by atoms with E-state index in [4.69, 9.17) is 15.0 Å². The number of nitrogens with zero attached hydrogens (tertiary/aromatic N) is 3. The van der Waals surface area contributed by atoms with Gasteiger partial charge >= 0.3 is 0 Å². The van der Waals surface area contributed by atoms with Crippen LogP contribution in [-0.4, -0.2) is 15.0 Å². The molecule has 1 heterocycles. The van der Waals surface area contributed by atoms with Crippen LogP contribution >= 0.6 is 11.8 Å². The van der Waals surface area contributed by atoms with Gasteiger partial charge < -0.3 is 0 Å². The van der Waals surface area contributed by atoms with Gasteiger partial charge in [0.1, 0.15) is 0 Å². The van der Waals surface area contributed by atoms with E-state index >= 15 is 0 Å². The van der Waals surface area contributed by atoms with Gasteiger partial charge in [-0.1, -0.05) is 195 Å². The maximum atomic E-state index is 5.18. The summed E-state index contributed by atoms with van der Waals surface area (Å²) in [4.78, 5) is 17.7. The quantitative estimate of drug-likeness (QED) is 0.155. The highest BCUT2D eigenvalue weighted by molar-refractivity contribution is 7.99. The third-order valence-corrected chi connectivity index (χ3v) is 12.2. The van der Waals surface area contributed by atoms with E-state index in [2.05, 4.69) is 196 Å². The molecule has 0 saturated carbocycles. The van der Waals surface area contributed by atoms with Crippen LogP contribution in [0.3, 0.4) is 0 Å². The first-order valence-electron chi connectivity index (χ1n) is 19.7. The Kier molecular flexibility index (Phi) is 9.12. The van der Waals surface area contributed by atoms with E-state index in [1.807, 2.05) is 18.2 Å². The van der Waals surface area contributed by atoms with Gasteiger partial charge in [-0.3, -0.25) is 0 Å². The molecule has 58 heavy (non-hydrogen) atoms. The van der Waals surface area contributed by atoms with Gasteiger partial charge in [0, 0.05) is 31.9 Å². The molecule has 0 bridgehead atoms. The molecule has 1 aliphatic carbocycles. The summed E-state index contributed by atoms with van der Waals surface area (Å²) in [6.45, 7) is 4.60. The number of fused-ring (bicyclic) bond motifs is 3. The number of hydrogen-bond acceptors (Lipinski definition) is 4. The van der Waals surface area contributed by atoms with E-state index in [-0.39, 0.29) is 5.41 Å². The summed E-state index contributed by atoms with van der Waals surface area (Å²) in [5, 5.41) is 0. The Morgan fingerprint density at radius 2 is 0.776 bits per heavy atom. The Morgan fingerprint density at radius 3 is 1.47 bits per heavy atom. The number of hydrogen-bond donors (Lipinski definition) is 0. The fraction of sp³-hybridized carbons (Fsp3) is 0.0556. The molecule has 4 heteroatoms. The predicted octanol–water partition coefficient (Wildman–Crippen LogP) is 14.3. The van der Waals surface area contributed by atoms with Crippen LogP contribution in [0.15, 0.2) is 210 Å². The van der Waals surface area contributed by atoms with E-state index in [1.165, 1.54) is 54.3 Å². The fourth-order valence-corrected chi connectivity index (χ4v) is 9.07. The second-order valence-electron chi connectivity index (χ2n) is 15.2. The molecule has 0 unspecified atom stereocenters. The summed E-state index contributed by atoms with van der Waals surface area (Å²) >= 11 is 1.78. The molecule has 3 nitrogen and oxygen atoms in total. The topological polar surface area (TPSA) is 38.7 Å². The first-order chi connectivity index (χ1) is 28.5. The van der Waals surface area contributed by atoms with Crippen LogP contribution in [-0.2, 0) is 5.41 Å². The third kappa shape index (κ3) is 6.72. The lowest BCUT2D eigenvalue weighted by Gasteiger charge is -2.21. The van der Waals surface area contributed by atoms with Crippen molar-refractivity contribution in [1.82, 2.24) is 15.0 Å². The maximum absolute atomic E-state index is 5.18. The fourth-order valence-electron chi connectivity index (χ4n) is 8.19. The highest BCUT2D eigenvalue weighted by Gasteiger charge is 2.37. The van der Waals surface area contributed by atoms with Crippen molar-refractivity contribution < 1.29 is 0 Å². The summed E-state index contributed by atoms with van der Waals surface area (Å²) in [6.07, 6.45) is 0. The van der Waals surface area contributed by atoms with Crippen molar-refractivity contribution in [3.63, 3.8) is 0 Å². The smallest absolute Gasteiger partial charge is 0.164 e. The summed E-state index contributed by atoms with van der Waals surface area (Å²) < 4.78 is 0. The summed E-state index contributed by atoms with van der Waals surface area (Å²) in [7, 11) is 0. The molecular formula is C54H39N3S. The SMILES string of the molecule is CC1(C)c2ccccc2-c2c(-c3nc(-c4ccccc4)nc(-c4ccc(-c5cccc(Sc6ccc(-c7cccc(-c8ccccc8)c7)cc6)c5)cc4)n3)cccc21. The van der Waals surface area contributed by atoms with E-state index in [0.717, 1.165) is 27.8 Å². The minimum atomic E-state index is -0.119. The Labute approximate surface area is 344 Å². The minimum absolute atomic E-state index is 0.119. The van der Waals surface area contributed by atoms with Crippen molar-refractivity contribution >= 4 is 11.8 Å². The summed E-state index contributed by atoms with van der Waals surface area (Å²) in [6, 6.07) is 70.9. The van der Waals surface area contributed by atoms with Crippen LogP contribution in [0.5, 0.6) is 0 Å². The van der Waals surface area contributed by atoms with Gasteiger partial charge in [0.2, 0.25) is 0 Å². The molecule has 0 spiro atoms. The van der Waals surface area contributed by atoms with Crippen LogP contribution in [0.25, 0.3) is 78.7 Å². The molecule has 0 radical (unpaired) electrons. The molecule has 0 saturated heterocycles. The van der Waals surface area contributed by atoms with Crippen LogP contribution in [0.1, 0.15) is 25.0 Å². The van der Waals surface area contributed by atoms with E-state index in [9.17, 15) is 0 Å². The first kappa shape index (κ1) is 35.5. The maximum Gasteiger partial charge on any atom is 0.164 e. The minimum Gasteiger partial charge on any atom is -0.208 e. The number of benzene rings is 8. The predicted molar refractivity (Wildman–Crippen MR) is 241 cm³/mol. The van der Waals surface area contributed by atoms with Gasteiger partial charge in [-0.05, 0) is 86.0 Å². The number of aromatic nitrogens is 3. The van der Waals surface area contributed by atoms with Crippen molar-refractivity contribution in [2.24, 2.45) is 0 Å². The Morgan fingerprint density at radius 1 is 0.328 bits per heavy atom. The Hall–Kier alpha value is -6.88. The Bertz CT molecular complexity index is 2920. The van der Waals surface area contributed by atoms with Gasteiger partial charge in [-0.25, -0.2) is 15.0 Å². The Balaban J connectivity index is 0.934. The van der Waals surface area contributed by atoms with E-state index < -0.39 is 0 Å².